The maximum Gasteiger partial charge on any atom is 0.192 e. The highest BCUT2D eigenvalue weighted by molar-refractivity contribution is 7.98. The number of pyridine rings is 1. The van der Waals surface area contributed by atoms with Crippen LogP contribution in [-0.4, -0.2) is 24.1 Å². The van der Waals surface area contributed by atoms with Crippen LogP contribution < -0.4 is 0 Å². The molecule has 2 aromatic carbocycles. The second-order valence-corrected chi connectivity index (χ2v) is 8.24. The lowest BCUT2D eigenvalue weighted by atomic mass is 10.2. The molecule has 3 heterocycles. The van der Waals surface area contributed by atoms with Crippen molar-refractivity contribution in [1.29, 1.82) is 0 Å². The third kappa shape index (κ3) is 3.96. The Kier molecular flexibility index (Phi) is 5.26. The molecule has 0 spiro atoms. The van der Waals surface area contributed by atoms with E-state index < -0.39 is 0 Å². The molecule has 0 saturated heterocycles. The number of aryl methyl sites for hydroxylation is 1. The average molecular weight is 430 g/mol. The van der Waals surface area contributed by atoms with Crippen molar-refractivity contribution in [1.82, 2.24) is 24.1 Å². The molecule has 0 amide bonds. The highest BCUT2D eigenvalue weighted by Crippen LogP contribution is 2.28. The van der Waals surface area contributed by atoms with Gasteiger partial charge in [0.2, 0.25) is 0 Å². The molecular weight excluding hydrogens is 409 g/mol. The third-order valence-corrected chi connectivity index (χ3v) is 6.09. The van der Waals surface area contributed by atoms with Crippen molar-refractivity contribution in [2.45, 2.75) is 24.4 Å². The lowest BCUT2D eigenvalue weighted by molar-refractivity contribution is 0.626. The summed E-state index contributed by atoms with van der Waals surface area (Å²) in [5.41, 5.74) is 4.59. The van der Waals surface area contributed by atoms with Crippen molar-refractivity contribution >= 4 is 17.4 Å². The van der Waals surface area contributed by atoms with E-state index in [9.17, 15) is 4.39 Å². The monoisotopic (exact) mass is 429 g/mol. The lowest BCUT2D eigenvalue weighted by Crippen LogP contribution is -2.05. The van der Waals surface area contributed by atoms with Gasteiger partial charge in [0.25, 0.3) is 0 Å². The van der Waals surface area contributed by atoms with Crippen LogP contribution in [0.2, 0.25) is 0 Å². The second kappa shape index (κ2) is 8.35. The van der Waals surface area contributed by atoms with Crippen LogP contribution in [0.1, 0.15) is 16.8 Å². The molecule has 5 aromatic rings. The summed E-state index contributed by atoms with van der Waals surface area (Å²) in [6, 6.07) is 20.8. The van der Waals surface area contributed by atoms with Gasteiger partial charge in [-0.3, -0.25) is 4.57 Å². The molecule has 31 heavy (non-hydrogen) atoms. The number of nitrogens with zero attached hydrogens (tertiary/aromatic N) is 5. The Balaban J connectivity index is 1.48. The smallest absolute Gasteiger partial charge is 0.192 e. The maximum absolute atomic E-state index is 14.5. The number of hydrogen-bond donors (Lipinski definition) is 0. The molecule has 5 nitrogen and oxygen atoms in total. The Bertz CT molecular complexity index is 1340. The Morgan fingerprint density at radius 1 is 0.935 bits per heavy atom. The van der Waals surface area contributed by atoms with Crippen molar-refractivity contribution in [3.8, 4) is 11.4 Å². The molecule has 0 saturated carbocycles. The number of fused-ring (bicyclic) bond motifs is 1. The van der Waals surface area contributed by atoms with Crippen molar-refractivity contribution in [2.75, 3.05) is 0 Å². The summed E-state index contributed by atoms with van der Waals surface area (Å²) in [6.45, 7) is 2.61. The molecule has 0 atom stereocenters. The number of imidazole rings is 1. The molecule has 0 unspecified atom stereocenters. The summed E-state index contributed by atoms with van der Waals surface area (Å²) in [5.74, 6) is 0.859. The summed E-state index contributed by atoms with van der Waals surface area (Å²) < 4.78 is 18.5. The van der Waals surface area contributed by atoms with Gasteiger partial charge in [-0.2, -0.15) is 0 Å². The third-order valence-electron chi connectivity index (χ3n) is 5.09. The van der Waals surface area contributed by atoms with Gasteiger partial charge >= 0.3 is 0 Å². The van der Waals surface area contributed by atoms with Gasteiger partial charge < -0.3 is 4.40 Å². The van der Waals surface area contributed by atoms with Crippen LogP contribution >= 0.6 is 11.8 Å². The summed E-state index contributed by atoms with van der Waals surface area (Å²) in [7, 11) is 0. The maximum atomic E-state index is 14.5. The summed E-state index contributed by atoms with van der Waals surface area (Å²) in [6.07, 6.45) is 4.03. The Morgan fingerprint density at radius 2 is 1.74 bits per heavy atom. The fourth-order valence-electron chi connectivity index (χ4n) is 3.56. The molecule has 5 rings (SSSR count). The zero-order valence-electron chi connectivity index (χ0n) is 16.9. The quantitative estimate of drug-likeness (QED) is 0.340. The zero-order chi connectivity index (χ0) is 21.2. The fourth-order valence-corrected chi connectivity index (χ4v) is 4.38. The molecule has 0 bridgehead atoms. The molecule has 0 radical (unpaired) electrons. The van der Waals surface area contributed by atoms with Gasteiger partial charge in [0, 0.05) is 18.1 Å². The number of rotatable bonds is 6. The van der Waals surface area contributed by atoms with Gasteiger partial charge in [-0.1, -0.05) is 60.3 Å². The predicted molar refractivity (Wildman–Crippen MR) is 120 cm³/mol. The summed E-state index contributed by atoms with van der Waals surface area (Å²) in [4.78, 5) is 4.74. The first-order chi connectivity index (χ1) is 15.2. The van der Waals surface area contributed by atoms with Crippen LogP contribution in [0.4, 0.5) is 4.39 Å². The highest BCUT2D eigenvalue weighted by atomic mass is 32.2. The van der Waals surface area contributed by atoms with E-state index in [1.807, 2.05) is 63.8 Å². The van der Waals surface area contributed by atoms with Gasteiger partial charge in [-0.15, -0.1) is 10.2 Å². The van der Waals surface area contributed by atoms with Crippen LogP contribution in [0.3, 0.4) is 0 Å². The standard InChI is InChI=1S/C24H20FN5S/c1-17-8-7-13-29-15-19(26-22(17)29)16-31-24-28-27-23(20-11-5-6-12-21(20)25)30(24)14-18-9-3-2-4-10-18/h2-13,15H,14,16H2,1H3. The van der Waals surface area contributed by atoms with Crippen LogP contribution in [-0.2, 0) is 12.3 Å². The minimum absolute atomic E-state index is 0.309. The Labute approximate surface area is 183 Å². The minimum atomic E-state index is -0.309. The predicted octanol–water partition coefficient (Wildman–Crippen LogP) is 5.38. The van der Waals surface area contributed by atoms with E-state index in [0.29, 0.717) is 23.7 Å². The fraction of sp³-hybridized carbons (Fsp3) is 0.125. The molecule has 0 aliphatic heterocycles. The van der Waals surface area contributed by atoms with E-state index in [-0.39, 0.29) is 5.82 Å². The Hall–Kier alpha value is -3.45. The first-order valence-corrected chi connectivity index (χ1v) is 11.0. The van der Waals surface area contributed by atoms with Crippen LogP contribution in [0.25, 0.3) is 17.0 Å². The van der Waals surface area contributed by atoms with Crippen LogP contribution in [0, 0.1) is 12.7 Å². The van der Waals surface area contributed by atoms with Crippen molar-refractivity contribution in [2.24, 2.45) is 0 Å². The van der Waals surface area contributed by atoms with E-state index in [4.69, 9.17) is 4.98 Å². The molecule has 0 fully saturated rings. The van der Waals surface area contributed by atoms with Crippen molar-refractivity contribution in [3.63, 3.8) is 0 Å². The largest absolute Gasteiger partial charge is 0.307 e. The second-order valence-electron chi connectivity index (χ2n) is 7.30. The summed E-state index contributed by atoms with van der Waals surface area (Å²) >= 11 is 1.55. The van der Waals surface area contributed by atoms with Crippen LogP contribution in [0.15, 0.2) is 84.3 Å². The van der Waals surface area contributed by atoms with Gasteiger partial charge in [0.15, 0.2) is 11.0 Å². The van der Waals surface area contributed by atoms with Crippen molar-refractivity contribution in [3.05, 3.63) is 102 Å². The van der Waals surface area contributed by atoms with E-state index in [1.165, 1.54) is 6.07 Å². The molecular formula is C24H20FN5S. The zero-order valence-corrected chi connectivity index (χ0v) is 17.8. The van der Waals surface area contributed by atoms with E-state index >= 15 is 0 Å². The minimum Gasteiger partial charge on any atom is -0.307 e. The normalized spacial score (nSPS) is 11.3. The van der Waals surface area contributed by atoms with Crippen molar-refractivity contribution < 1.29 is 4.39 Å². The van der Waals surface area contributed by atoms with Crippen LogP contribution in [0.5, 0.6) is 0 Å². The lowest BCUT2D eigenvalue weighted by Gasteiger charge is -2.10. The first kappa shape index (κ1) is 19.5. The Morgan fingerprint density at radius 3 is 2.55 bits per heavy atom. The van der Waals surface area contributed by atoms with E-state index in [2.05, 4.69) is 23.2 Å². The average Bonchev–Trinajstić information content (AvgIpc) is 3.38. The van der Waals surface area contributed by atoms with Gasteiger partial charge in [0.05, 0.1) is 17.8 Å². The molecule has 7 heteroatoms. The molecule has 0 aliphatic rings. The SMILES string of the molecule is Cc1cccn2cc(CSc3nnc(-c4ccccc4F)n3Cc3ccccc3)nc12. The number of hydrogen-bond acceptors (Lipinski definition) is 4. The van der Waals surface area contributed by atoms with E-state index in [0.717, 1.165) is 27.6 Å². The molecule has 0 aliphatic carbocycles. The molecule has 154 valence electrons. The van der Waals surface area contributed by atoms with Gasteiger partial charge in [0.1, 0.15) is 11.5 Å². The summed E-state index contributed by atoms with van der Waals surface area (Å²) in [5, 5.41) is 9.46. The van der Waals surface area contributed by atoms with Gasteiger partial charge in [-0.25, -0.2) is 9.37 Å². The molecule has 0 N–H and O–H groups in total. The van der Waals surface area contributed by atoms with Gasteiger partial charge in [-0.05, 0) is 36.2 Å². The number of benzene rings is 2. The first-order valence-electron chi connectivity index (χ1n) is 9.97. The highest BCUT2D eigenvalue weighted by Gasteiger charge is 2.18. The number of thioether (sulfide) groups is 1. The molecule has 3 aromatic heterocycles. The number of aromatic nitrogens is 5. The van der Waals surface area contributed by atoms with E-state index in [1.54, 1.807) is 23.9 Å². The topological polar surface area (TPSA) is 48.0 Å². The number of halogens is 1.